The summed E-state index contributed by atoms with van der Waals surface area (Å²) in [6.45, 7) is 0.733. The van der Waals surface area contributed by atoms with Crippen molar-refractivity contribution in [3.05, 3.63) is 54.2 Å². The molecule has 8 nitrogen and oxygen atoms in total. The Morgan fingerprint density at radius 3 is 2.62 bits per heavy atom. The summed E-state index contributed by atoms with van der Waals surface area (Å²) in [4.78, 5) is 11.5. The zero-order valence-corrected chi connectivity index (χ0v) is 19.0. The van der Waals surface area contributed by atoms with Gasteiger partial charge in [0.25, 0.3) is 0 Å². The Bertz CT molecular complexity index is 1390. The lowest BCUT2D eigenvalue weighted by Crippen LogP contribution is -2.49. The normalized spacial score (nSPS) is 18.1. The van der Waals surface area contributed by atoms with Crippen LogP contribution in [-0.4, -0.2) is 52.1 Å². The van der Waals surface area contributed by atoms with E-state index in [1.54, 1.807) is 16.8 Å². The van der Waals surface area contributed by atoms with E-state index >= 15 is 0 Å². The number of alkyl halides is 1. The molecule has 9 heteroatoms. The molecule has 0 aliphatic carbocycles. The maximum Gasteiger partial charge on any atom is 0.228 e. The lowest BCUT2D eigenvalue weighted by Gasteiger charge is -2.33. The Labute approximate surface area is 196 Å². The van der Waals surface area contributed by atoms with Gasteiger partial charge in [0.15, 0.2) is 0 Å². The molecule has 2 atom stereocenters. The second-order valence-electron chi connectivity index (χ2n) is 8.53. The highest BCUT2D eigenvalue weighted by atomic mass is 19.1. The molecule has 3 heterocycles. The number of piperidine rings is 1. The van der Waals surface area contributed by atoms with Crippen LogP contribution < -0.4 is 16.0 Å². The summed E-state index contributed by atoms with van der Waals surface area (Å²) < 4.78 is 16.2. The first-order valence-electron chi connectivity index (χ1n) is 11.2. The van der Waals surface area contributed by atoms with Crippen LogP contribution >= 0.6 is 0 Å². The van der Waals surface area contributed by atoms with Crippen LogP contribution in [0.5, 0.6) is 0 Å². The zero-order chi connectivity index (χ0) is 23.8. The molecule has 1 saturated heterocycles. The van der Waals surface area contributed by atoms with Gasteiger partial charge >= 0.3 is 0 Å². The van der Waals surface area contributed by atoms with Gasteiger partial charge in [0.05, 0.1) is 35.0 Å². The third-order valence-corrected chi connectivity index (χ3v) is 6.20. The molecule has 172 valence electrons. The second kappa shape index (κ2) is 8.72. The minimum Gasteiger partial charge on any atom is -0.372 e. The van der Waals surface area contributed by atoms with E-state index < -0.39 is 12.2 Å². The molecule has 34 heavy (non-hydrogen) atoms. The fourth-order valence-electron chi connectivity index (χ4n) is 4.37. The van der Waals surface area contributed by atoms with Crippen molar-refractivity contribution in [3.63, 3.8) is 0 Å². The van der Waals surface area contributed by atoms with Gasteiger partial charge in [-0.1, -0.05) is 18.2 Å². The molecule has 0 saturated carbocycles. The van der Waals surface area contributed by atoms with Crippen molar-refractivity contribution in [1.82, 2.24) is 19.7 Å². The van der Waals surface area contributed by atoms with Gasteiger partial charge in [0.2, 0.25) is 5.95 Å². The van der Waals surface area contributed by atoms with Crippen molar-refractivity contribution in [3.8, 4) is 28.5 Å². The molecule has 1 fully saturated rings. The first-order valence-corrected chi connectivity index (χ1v) is 11.2. The number of nitrogens with zero attached hydrogens (tertiary/aromatic N) is 6. The largest absolute Gasteiger partial charge is 0.372 e. The predicted octanol–water partition coefficient (Wildman–Crippen LogP) is 3.49. The van der Waals surface area contributed by atoms with Gasteiger partial charge < -0.3 is 16.0 Å². The van der Waals surface area contributed by atoms with Gasteiger partial charge in [-0.3, -0.25) is 4.68 Å². The van der Waals surface area contributed by atoms with E-state index in [0.717, 1.165) is 27.6 Å². The number of hydrogen-bond donors (Lipinski definition) is 2. The number of aryl methyl sites for hydroxylation is 1. The summed E-state index contributed by atoms with van der Waals surface area (Å²) in [5.74, 6) is 1.09. The highest BCUT2D eigenvalue weighted by Crippen LogP contribution is 2.38. The number of benzene rings is 2. The van der Waals surface area contributed by atoms with Gasteiger partial charge in [-0.25, -0.2) is 9.37 Å². The van der Waals surface area contributed by atoms with Crippen LogP contribution in [0.2, 0.25) is 0 Å². The van der Waals surface area contributed by atoms with Crippen LogP contribution in [0, 0.1) is 11.3 Å². The van der Waals surface area contributed by atoms with Crippen molar-refractivity contribution in [2.75, 3.05) is 30.4 Å². The van der Waals surface area contributed by atoms with Crippen molar-refractivity contribution in [2.24, 2.45) is 12.8 Å². The summed E-state index contributed by atoms with van der Waals surface area (Å²) in [5, 5.41) is 17.9. The fraction of sp³-hybridized carbons (Fsp3) is 0.280. The maximum absolute atomic E-state index is 14.4. The molecule has 0 spiro atoms. The number of nitriles is 1. The summed E-state index contributed by atoms with van der Waals surface area (Å²) >= 11 is 0. The quantitative estimate of drug-likeness (QED) is 0.484. The van der Waals surface area contributed by atoms with Gasteiger partial charge in [-0.05, 0) is 36.2 Å². The molecular formula is C25H25FN8. The summed E-state index contributed by atoms with van der Waals surface area (Å²) in [6, 6.07) is 15.0. The highest BCUT2D eigenvalue weighted by Gasteiger charge is 2.29. The lowest BCUT2D eigenvalue weighted by molar-refractivity contribution is 0.250. The van der Waals surface area contributed by atoms with Crippen LogP contribution in [0.4, 0.5) is 16.2 Å². The molecule has 4 aromatic rings. The smallest absolute Gasteiger partial charge is 0.228 e. The first kappa shape index (κ1) is 21.8. The molecular weight excluding hydrogens is 431 g/mol. The van der Waals surface area contributed by atoms with Gasteiger partial charge in [0.1, 0.15) is 12.0 Å². The SMILES string of the molecule is CNc1nc(N2CC[C@H](N)[C@H](F)C2)nc(-c2ccc(C#N)cc2)c1-c1ccc2nn(C)cc2c1. The molecule has 0 unspecified atom stereocenters. The Balaban J connectivity index is 1.70. The summed E-state index contributed by atoms with van der Waals surface area (Å²) in [5.41, 5.74) is 10.6. The molecule has 0 bridgehead atoms. The van der Waals surface area contributed by atoms with Crippen molar-refractivity contribution >= 4 is 22.7 Å². The maximum atomic E-state index is 14.4. The number of fused-ring (bicyclic) bond motifs is 1. The Morgan fingerprint density at radius 1 is 1.15 bits per heavy atom. The highest BCUT2D eigenvalue weighted by molar-refractivity contribution is 5.93. The number of aromatic nitrogens is 4. The van der Waals surface area contributed by atoms with E-state index in [9.17, 15) is 9.65 Å². The monoisotopic (exact) mass is 456 g/mol. The second-order valence-corrected chi connectivity index (χ2v) is 8.53. The van der Waals surface area contributed by atoms with Crippen molar-refractivity contribution < 1.29 is 4.39 Å². The number of nitrogens with two attached hydrogens (primary N) is 1. The Kier molecular flexibility index (Phi) is 5.59. The van der Waals surface area contributed by atoms with E-state index in [0.29, 0.717) is 36.0 Å². The standard InChI is InChI=1S/C25H25FN8/c1-29-24-22(17-7-8-21-18(11-17)13-33(2)32-21)23(16-5-3-15(12-27)4-6-16)30-25(31-24)34-10-9-20(28)19(26)14-34/h3-8,11,13,19-20H,9-10,14,28H2,1-2H3,(H,29,30,31)/t19-,20+/m1/s1. The lowest BCUT2D eigenvalue weighted by atomic mass is 9.98. The van der Waals surface area contributed by atoms with Crippen LogP contribution in [-0.2, 0) is 7.05 Å². The molecule has 1 aliphatic rings. The van der Waals surface area contributed by atoms with E-state index in [2.05, 4.69) is 22.6 Å². The third-order valence-electron chi connectivity index (χ3n) is 6.20. The molecule has 2 aromatic carbocycles. The van der Waals surface area contributed by atoms with Crippen molar-refractivity contribution in [1.29, 1.82) is 5.26 Å². The van der Waals surface area contributed by atoms with Gasteiger partial charge in [-0.2, -0.15) is 15.3 Å². The minimum absolute atomic E-state index is 0.151. The number of rotatable bonds is 4. The molecule has 3 N–H and O–H groups in total. The van der Waals surface area contributed by atoms with E-state index in [1.807, 2.05) is 49.5 Å². The number of anilines is 2. The Morgan fingerprint density at radius 2 is 1.91 bits per heavy atom. The Hall–Kier alpha value is -4.03. The summed E-state index contributed by atoms with van der Waals surface area (Å²) in [6.07, 6.45) is 1.36. The molecule has 5 rings (SSSR count). The molecule has 2 aromatic heterocycles. The van der Waals surface area contributed by atoms with E-state index in [4.69, 9.17) is 15.7 Å². The first-order chi connectivity index (χ1) is 16.5. The van der Waals surface area contributed by atoms with Gasteiger partial charge in [0, 0.05) is 43.8 Å². The topological polar surface area (TPSA) is 109 Å². The van der Waals surface area contributed by atoms with Gasteiger partial charge in [-0.15, -0.1) is 0 Å². The molecule has 0 radical (unpaired) electrons. The fourth-order valence-corrected chi connectivity index (χ4v) is 4.37. The number of hydrogen-bond acceptors (Lipinski definition) is 7. The molecule has 0 amide bonds. The van der Waals surface area contributed by atoms with Crippen LogP contribution in [0.15, 0.2) is 48.7 Å². The zero-order valence-electron chi connectivity index (χ0n) is 19.0. The van der Waals surface area contributed by atoms with Crippen LogP contribution in [0.3, 0.4) is 0 Å². The average Bonchev–Trinajstić information content (AvgIpc) is 3.24. The third kappa shape index (κ3) is 3.93. The average molecular weight is 457 g/mol. The van der Waals surface area contributed by atoms with E-state index in [1.165, 1.54) is 0 Å². The number of nitrogens with one attached hydrogen (secondary N) is 1. The predicted molar refractivity (Wildman–Crippen MR) is 131 cm³/mol. The molecule has 1 aliphatic heterocycles. The van der Waals surface area contributed by atoms with E-state index in [-0.39, 0.29) is 6.54 Å². The van der Waals surface area contributed by atoms with Crippen LogP contribution in [0.25, 0.3) is 33.3 Å². The van der Waals surface area contributed by atoms with Crippen LogP contribution in [0.1, 0.15) is 12.0 Å². The summed E-state index contributed by atoms with van der Waals surface area (Å²) in [7, 11) is 3.70. The van der Waals surface area contributed by atoms with Crippen molar-refractivity contribution in [2.45, 2.75) is 18.6 Å². The number of halogens is 1. The minimum atomic E-state index is -1.14.